The highest BCUT2D eigenvalue weighted by molar-refractivity contribution is 5.58. The van der Waals surface area contributed by atoms with Gasteiger partial charge in [0.25, 0.3) is 0 Å². The average Bonchev–Trinajstić information content (AvgIpc) is 2.42. The van der Waals surface area contributed by atoms with E-state index in [9.17, 15) is 0 Å². The van der Waals surface area contributed by atoms with Gasteiger partial charge in [0.1, 0.15) is 0 Å². The average molecular weight is 173 g/mol. The minimum Gasteiger partial charge on any atom is -0.272 e. The molecule has 66 valence electrons. The Hall–Kier alpha value is -1.56. The highest BCUT2D eigenvalue weighted by Crippen LogP contribution is 2.23. The summed E-state index contributed by atoms with van der Waals surface area (Å²) in [6, 6.07) is 2.24. The van der Waals surface area contributed by atoms with Crippen molar-refractivity contribution in [2.24, 2.45) is 13.0 Å². The maximum atomic E-state index is 8.76. The summed E-state index contributed by atoms with van der Waals surface area (Å²) in [5.74, 6) is 0.00167. The quantitative estimate of drug-likeness (QED) is 0.595. The molecule has 1 atom stereocenters. The highest BCUT2D eigenvalue weighted by Gasteiger charge is 2.18. The van der Waals surface area contributed by atoms with Crippen molar-refractivity contribution in [3.63, 3.8) is 0 Å². The molecule has 2 rings (SSSR count). The molecule has 1 unspecified atom stereocenters. The van der Waals surface area contributed by atoms with Crippen LogP contribution in [0.3, 0.4) is 0 Å². The van der Waals surface area contributed by atoms with E-state index in [2.05, 4.69) is 11.2 Å². The molecule has 1 aromatic heterocycles. The first-order valence-electron chi connectivity index (χ1n) is 4.32. The Kier molecular flexibility index (Phi) is 1.70. The molecule has 13 heavy (non-hydrogen) atoms. The van der Waals surface area contributed by atoms with Gasteiger partial charge in [-0.05, 0) is 6.92 Å². The molecule has 1 aliphatic carbocycles. The Balaban J connectivity index is 2.47. The molecule has 0 aliphatic heterocycles. The van der Waals surface area contributed by atoms with Crippen molar-refractivity contribution >= 4 is 6.08 Å². The lowest BCUT2D eigenvalue weighted by atomic mass is 9.95. The van der Waals surface area contributed by atoms with Crippen LogP contribution in [0.25, 0.3) is 6.08 Å². The highest BCUT2D eigenvalue weighted by atomic mass is 15.3. The normalized spacial score (nSPS) is 19.6. The Bertz CT molecular complexity index is 407. The van der Waals surface area contributed by atoms with Crippen molar-refractivity contribution in [2.45, 2.75) is 13.3 Å². The Morgan fingerprint density at radius 2 is 2.46 bits per heavy atom. The van der Waals surface area contributed by atoms with Gasteiger partial charge in [-0.2, -0.15) is 10.4 Å². The van der Waals surface area contributed by atoms with Crippen molar-refractivity contribution in [1.82, 2.24) is 9.78 Å². The first-order chi connectivity index (χ1) is 6.22. The summed E-state index contributed by atoms with van der Waals surface area (Å²) in [5, 5.41) is 13.1. The third-order valence-electron chi connectivity index (χ3n) is 2.53. The van der Waals surface area contributed by atoms with E-state index in [1.54, 1.807) is 0 Å². The van der Waals surface area contributed by atoms with Gasteiger partial charge in [-0.1, -0.05) is 12.2 Å². The van der Waals surface area contributed by atoms with Gasteiger partial charge in [0.15, 0.2) is 0 Å². The van der Waals surface area contributed by atoms with E-state index in [4.69, 9.17) is 5.26 Å². The summed E-state index contributed by atoms with van der Waals surface area (Å²) in [5.41, 5.74) is 3.41. The predicted octanol–water partition coefficient (Wildman–Crippen LogP) is 1.44. The van der Waals surface area contributed by atoms with Crippen LogP contribution in [0, 0.1) is 24.2 Å². The second-order valence-corrected chi connectivity index (χ2v) is 3.37. The van der Waals surface area contributed by atoms with Crippen LogP contribution in [-0.2, 0) is 13.5 Å². The molecule has 0 spiro atoms. The molecule has 1 aliphatic rings. The summed E-state index contributed by atoms with van der Waals surface area (Å²) < 4.78 is 1.87. The topological polar surface area (TPSA) is 41.6 Å². The fraction of sp³-hybridized carbons (Fsp3) is 0.400. The number of aryl methyl sites for hydroxylation is 1. The van der Waals surface area contributed by atoms with Gasteiger partial charge in [-0.25, -0.2) is 0 Å². The number of nitriles is 1. The van der Waals surface area contributed by atoms with Gasteiger partial charge in [0.05, 0.1) is 17.7 Å². The molecule has 0 amide bonds. The monoisotopic (exact) mass is 173 g/mol. The van der Waals surface area contributed by atoms with E-state index in [0.717, 1.165) is 12.1 Å². The zero-order chi connectivity index (χ0) is 9.42. The molecule has 1 heterocycles. The fourth-order valence-corrected chi connectivity index (χ4v) is 1.64. The summed E-state index contributed by atoms with van der Waals surface area (Å²) in [4.78, 5) is 0. The molecule has 0 saturated heterocycles. The molecule has 1 aromatic rings. The summed E-state index contributed by atoms with van der Waals surface area (Å²) >= 11 is 0. The summed E-state index contributed by atoms with van der Waals surface area (Å²) in [7, 11) is 1.93. The largest absolute Gasteiger partial charge is 0.272 e. The number of hydrogen-bond acceptors (Lipinski definition) is 2. The third kappa shape index (κ3) is 1.15. The van der Waals surface area contributed by atoms with Crippen molar-refractivity contribution in [3.8, 4) is 6.07 Å². The van der Waals surface area contributed by atoms with Gasteiger partial charge in [-0.15, -0.1) is 0 Å². The van der Waals surface area contributed by atoms with Crippen LogP contribution >= 0.6 is 0 Å². The molecule has 0 bridgehead atoms. The van der Waals surface area contributed by atoms with Crippen molar-refractivity contribution < 1.29 is 0 Å². The first-order valence-corrected chi connectivity index (χ1v) is 4.32. The second-order valence-electron chi connectivity index (χ2n) is 3.37. The predicted molar refractivity (Wildman–Crippen MR) is 49.8 cm³/mol. The van der Waals surface area contributed by atoms with Gasteiger partial charge in [0, 0.05) is 24.7 Å². The number of aromatic nitrogens is 2. The van der Waals surface area contributed by atoms with E-state index >= 15 is 0 Å². The minimum atomic E-state index is 0.00167. The summed E-state index contributed by atoms with van der Waals surface area (Å²) in [6.07, 6.45) is 4.72. The van der Waals surface area contributed by atoms with E-state index < -0.39 is 0 Å². The third-order valence-corrected chi connectivity index (χ3v) is 2.53. The molecule has 0 saturated carbocycles. The lowest BCUT2D eigenvalue weighted by Gasteiger charge is -2.07. The van der Waals surface area contributed by atoms with E-state index in [1.807, 2.05) is 30.8 Å². The van der Waals surface area contributed by atoms with Crippen molar-refractivity contribution in [2.75, 3.05) is 0 Å². The Labute approximate surface area is 77.3 Å². The van der Waals surface area contributed by atoms with Crippen LogP contribution in [0.1, 0.15) is 17.0 Å². The van der Waals surface area contributed by atoms with E-state index in [1.165, 1.54) is 11.3 Å². The molecule has 3 nitrogen and oxygen atoms in total. The number of hydrogen-bond donors (Lipinski definition) is 0. The van der Waals surface area contributed by atoms with Crippen molar-refractivity contribution in [1.29, 1.82) is 5.26 Å². The smallest absolute Gasteiger partial charge is 0.0715 e. The molecular formula is C10H11N3. The lowest BCUT2D eigenvalue weighted by Crippen LogP contribution is -2.04. The van der Waals surface area contributed by atoms with Crippen molar-refractivity contribution in [3.05, 3.63) is 23.0 Å². The van der Waals surface area contributed by atoms with Crippen LogP contribution in [0.4, 0.5) is 0 Å². The standard InChI is InChI=1S/C10H11N3/c1-7-9-4-3-8(6-11)5-10(9)12-13(7)2/h3-4,8H,5H2,1-2H3. The zero-order valence-electron chi connectivity index (χ0n) is 7.78. The maximum Gasteiger partial charge on any atom is 0.0715 e. The molecule has 3 heteroatoms. The number of rotatable bonds is 0. The number of nitrogens with zero attached hydrogens (tertiary/aromatic N) is 3. The van der Waals surface area contributed by atoms with E-state index in [-0.39, 0.29) is 5.92 Å². The van der Waals surface area contributed by atoms with Gasteiger partial charge >= 0.3 is 0 Å². The SMILES string of the molecule is Cc1c2c(nn1C)CC(C#N)C=C2. The van der Waals surface area contributed by atoms with E-state index in [0.29, 0.717) is 0 Å². The second kappa shape index (κ2) is 2.74. The minimum absolute atomic E-state index is 0.00167. The number of fused-ring (bicyclic) bond motifs is 1. The number of allylic oxidation sites excluding steroid dienone is 1. The molecule has 0 radical (unpaired) electrons. The molecule has 0 aromatic carbocycles. The van der Waals surface area contributed by atoms with Gasteiger partial charge < -0.3 is 0 Å². The molecule has 0 fully saturated rings. The molecule has 0 N–H and O–H groups in total. The van der Waals surface area contributed by atoms with Crippen LogP contribution < -0.4 is 0 Å². The van der Waals surface area contributed by atoms with Gasteiger partial charge in [0.2, 0.25) is 0 Å². The Morgan fingerprint density at radius 3 is 3.15 bits per heavy atom. The lowest BCUT2D eigenvalue weighted by molar-refractivity contribution is 0.700. The Morgan fingerprint density at radius 1 is 1.69 bits per heavy atom. The zero-order valence-corrected chi connectivity index (χ0v) is 7.78. The maximum absolute atomic E-state index is 8.76. The van der Waals surface area contributed by atoms with Crippen LogP contribution in [0.2, 0.25) is 0 Å². The van der Waals surface area contributed by atoms with Gasteiger partial charge in [-0.3, -0.25) is 4.68 Å². The molecular weight excluding hydrogens is 162 g/mol. The fourth-order valence-electron chi connectivity index (χ4n) is 1.64. The summed E-state index contributed by atoms with van der Waals surface area (Å²) in [6.45, 7) is 2.04. The van der Waals surface area contributed by atoms with Crippen LogP contribution in [0.15, 0.2) is 6.08 Å². The van der Waals surface area contributed by atoms with Crippen LogP contribution in [0.5, 0.6) is 0 Å². The van der Waals surface area contributed by atoms with Crippen LogP contribution in [-0.4, -0.2) is 9.78 Å². The first kappa shape index (κ1) is 8.06.